The number of fused-ring (bicyclic) bond motifs is 1. The Balaban J connectivity index is 1.51. The predicted molar refractivity (Wildman–Crippen MR) is 141 cm³/mol. The first kappa shape index (κ1) is 24.5. The molecule has 2 aliphatic rings. The van der Waals surface area contributed by atoms with Crippen LogP contribution in [0.4, 0.5) is 16.5 Å². The number of para-hydroxylation sites is 1. The summed E-state index contributed by atoms with van der Waals surface area (Å²) < 4.78 is 12.5. The second-order valence-corrected chi connectivity index (χ2v) is 10.1. The minimum Gasteiger partial charge on any atom is -0.492 e. The highest BCUT2D eigenvalue weighted by Gasteiger charge is 2.30. The van der Waals surface area contributed by atoms with Crippen molar-refractivity contribution in [3.63, 3.8) is 0 Å². The molecule has 2 aliphatic heterocycles. The second-order valence-electron chi connectivity index (χ2n) is 9.09. The molecule has 5 rings (SSSR count). The number of nitro benzene ring substituents is 1. The first-order chi connectivity index (χ1) is 17.5. The van der Waals surface area contributed by atoms with Gasteiger partial charge in [0.2, 0.25) is 0 Å². The fraction of sp³-hybridized carbons (Fsp3) is 0.462. The molecular weight excluding hydrogens is 480 g/mol. The van der Waals surface area contributed by atoms with Crippen molar-refractivity contribution in [3.8, 4) is 5.75 Å². The van der Waals surface area contributed by atoms with Crippen LogP contribution in [0.1, 0.15) is 49.4 Å². The van der Waals surface area contributed by atoms with Gasteiger partial charge < -0.3 is 14.4 Å². The fourth-order valence-corrected chi connectivity index (χ4v) is 5.89. The van der Waals surface area contributed by atoms with E-state index in [1.54, 1.807) is 17.0 Å². The van der Waals surface area contributed by atoms with Crippen LogP contribution in [0, 0.1) is 10.1 Å². The Morgan fingerprint density at radius 2 is 2.08 bits per heavy atom. The lowest BCUT2D eigenvalue weighted by Gasteiger charge is -2.28. The maximum Gasteiger partial charge on any atom is 0.293 e. The summed E-state index contributed by atoms with van der Waals surface area (Å²) >= 11 is 1.40. The highest BCUT2D eigenvalue weighted by Crippen LogP contribution is 2.37. The number of carbonyl (C=O) groups excluding carboxylic acids is 1. The molecule has 1 aromatic heterocycles. The first-order valence-electron chi connectivity index (χ1n) is 12.5. The summed E-state index contributed by atoms with van der Waals surface area (Å²) in [6, 6.07) is 10.5. The number of amides is 1. The maximum absolute atomic E-state index is 13.9. The molecule has 0 N–H and O–H groups in total. The number of hydrogen-bond donors (Lipinski definition) is 0. The molecule has 3 heterocycles. The Hall–Kier alpha value is -3.24. The number of nitro groups is 1. The number of ether oxygens (including phenoxy) is 2. The predicted octanol–water partition coefficient (Wildman–Crippen LogP) is 5.42. The van der Waals surface area contributed by atoms with Gasteiger partial charge in [-0.25, -0.2) is 4.98 Å². The zero-order valence-electron chi connectivity index (χ0n) is 20.4. The molecule has 0 radical (unpaired) electrons. The standard InChI is InChI=1S/C26H30N4O5S/c1-2-34-22-9-6-10-23-24(22)27-26(36-23)29(17-19-8-7-15-35-19)25(31)18-11-12-20(21(16-18)30(32)33)28-13-4-3-5-14-28/h6,9-12,16,19H,2-5,7-8,13-15,17H2,1H3. The molecule has 1 unspecified atom stereocenters. The Labute approximate surface area is 213 Å². The van der Waals surface area contributed by atoms with Crippen molar-refractivity contribution in [2.45, 2.75) is 45.1 Å². The van der Waals surface area contributed by atoms with Gasteiger partial charge in [0, 0.05) is 31.3 Å². The molecule has 0 saturated carbocycles. The summed E-state index contributed by atoms with van der Waals surface area (Å²) in [5, 5.41) is 12.5. The highest BCUT2D eigenvalue weighted by atomic mass is 32.1. The molecule has 3 aromatic rings. The van der Waals surface area contributed by atoms with E-state index in [4.69, 9.17) is 14.5 Å². The topological polar surface area (TPSA) is 98.0 Å². The van der Waals surface area contributed by atoms with Gasteiger partial charge in [0.15, 0.2) is 5.13 Å². The number of rotatable bonds is 8. The minimum atomic E-state index is -0.392. The van der Waals surface area contributed by atoms with E-state index in [0.717, 1.165) is 49.9 Å². The molecule has 0 bridgehead atoms. The van der Waals surface area contributed by atoms with Crippen LogP contribution < -0.4 is 14.5 Å². The van der Waals surface area contributed by atoms with Crippen molar-refractivity contribution in [1.29, 1.82) is 0 Å². The van der Waals surface area contributed by atoms with Crippen molar-refractivity contribution >= 4 is 44.0 Å². The van der Waals surface area contributed by atoms with Gasteiger partial charge in [-0.1, -0.05) is 17.4 Å². The summed E-state index contributed by atoms with van der Waals surface area (Å²) in [4.78, 5) is 33.9. The van der Waals surface area contributed by atoms with E-state index >= 15 is 0 Å². The molecule has 0 aliphatic carbocycles. The van der Waals surface area contributed by atoms with E-state index < -0.39 is 4.92 Å². The van der Waals surface area contributed by atoms with Crippen LogP contribution in [-0.4, -0.2) is 54.8 Å². The number of piperidine rings is 1. The Morgan fingerprint density at radius 3 is 2.81 bits per heavy atom. The average molecular weight is 511 g/mol. The van der Waals surface area contributed by atoms with Gasteiger partial charge in [0.1, 0.15) is 17.0 Å². The van der Waals surface area contributed by atoms with Crippen LogP contribution in [0.5, 0.6) is 5.75 Å². The number of benzene rings is 2. The monoisotopic (exact) mass is 510 g/mol. The van der Waals surface area contributed by atoms with Crippen LogP contribution in [-0.2, 0) is 4.74 Å². The van der Waals surface area contributed by atoms with Crippen molar-refractivity contribution in [1.82, 2.24) is 4.98 Å². The van der Waals surface area contributed by atoms with Gasteiger partial charge >= 0.3 is 0 Å². The average Bonchev–Trinajstić information content (AvgIpc) is 3.57. The van der Waals surface area contributed by atoms with E-state index in [2.05, 4.69) is 0 Å². The molecule has 1 atom stereocenters. The molecule has 9 nitrogen and oxygen atoms in total. The van der Waals surface area contributed by atoms with Crippen molar-refractivity contribution in [2.75, 3.05) is 42.6 Å². The van der Waals surface area contributed by atoms with Crippen LogP contribution >= 0.6 is 11.3 Å². The van der Waals surface area contributed by atoms with E-state index in [1.807, 2.05) is 30.0 Å². The molecule has 190 valence electrons. The number of anilines is 2. The zero-order chi connectivity index (χ0) is 25.1. The molecule has 2 aromatic carbocycles. The van der Waals surface area contributed by atoms with Gasteiger partial charge in [0.05, 0.1) is 28.9 Å². The number of aromatic nitrogens is 1. The second kappa shape index (κ2) is 10.8. The molecular formula is C26H30N4O5S. The molecule has 2 saturated heterocycles. The van der Waals surface area contributed by atoms with Crippen LogP contribution in [0.15, 0.2) is 36.4 Å². The normalized spacial score (nSPS) is 17.9. The maximum atomic E-state index is 13.9. The van der Waals surface area contributed by atoms with Gasteiger partial charge in [-0.2, -0.15) is 0 Å². The van der Waals surface area contributed by atoms with E-state index in [0.29, 0.717) is 41.8 Å². The molecule has 10 heteroatoms. The number of carbonyl (C=O) groups is 1. The summed E-state index contributed by atoms with van der Waals surface area (Å²) in [5.41, 5.74) is 1.51. The van der Waals surface area contributed by atoms with Crippen LogP contribution in [0.2, 0.25) is 0 Å². The molecule has 1 amide bonds. The quantitative estimate of drug-likeness (QED) is 0.295. The third-order valence-corrected chi connectivity index (χ3v) is 7.72. The van der Waals surface area contributed by atoms with E-state index in [9.17, 15) is 14.9 Å². The SMILES string of the molecule is CCOc1cccc2sc(N(CC3CCCO3)C(=O)c3ccc(N4CCCCC4)c([N+](=O)[O-])c3)nc12. The number of nitrogens with zero attached hydrogens (tertiary/aromatic N) is 4. The van der Waals surface area contributed by atoms with Gasteiger partial charge in [-0.3, -0.25) is 19.8 Å². The largest absolute Gasteiger partial charge is 0.492 e. The Morgan fingerprint density at radius 1 is 1.25 bits per heavy atom. The Kier molecular flexibility index (Phi) is 7.33. The fourth-order valence-electron chi connectivity index (χ4n) is 4.90. The van der Waals surface area contributed by atoms with Gasteiger partial charge in [0.25, 0.3) is 11.6 Å². The summed E-state index contributed by atoms with van der Waals surface area (Å²) in [7, 11) is 0. The molecule has 36 heavy (non-hydrogen) atoms. The van der Waals surface area contributed by atoms with Crippen LogP contribution in [0.25, 0.3) is 10.2 Å². The summed E-state index contributed by atoms with van der Waals surface area (Å²) in [5.74, 6) is 0.347. The molecule has 0 spiro atoms. The summed E-state index contributed by atoms with van der Waals surface area (Å²) in [6.07, 6.45) is 4.84. The number of hydrogen-bond acceptors (Lipinski definition) is 8. The number of thiazole rings is 1. The van der Waals surface area contributed by atoms with E-state index in [1.165, 1.54) is 17.4 Å². The third kappa shape index (κ3) is 5.01. The van der Waals surface area contributed by atoms with Crippen molar-refractivity contribution in [2.24, 2.45) is 0 Å². The van der Waals surface area contributed by atoms with Crippen LogP contribution in [0.3, 0.4) is 0 Å². The zero-order valence-corrected chi connectivity index (χ0v) is 21.2. The van der Waals surface area contributed by atoms with Crippen molar-refractivity contribution < 1.29 is 19.2 Å². The third-order valence-electron chi connectivity index (χ3n) is 6.67. The lowest BCUT2D eigenvalue weighted by atomic mass is 10.1. The van der Waals surface area contributed by atoms with Crippen molar-refractivity contribution in [3.05, 3.63) is 52.1 Å². The first-order valence-corrected chi connectivity index (χ1v) is 13.4. The van der Waals surface area contributed by atoms with E-state index in [-0.39, 0.29) is 23.3 Å². The highest BCUT2D eigenvalue weighted by molar-refractivity contribution is 7.22. The van der Waals surface area contributed by atoms with Gasteiger partial charge in [-0.05, 0) is 63.3 Å². The molecule has 2 fully saturated rings. The smallest absolute Gasteiger partial charge is 0.293 e. The summed E-state index contributed by atoms with van der Waals surface area (Å²) in [6.45, 7) is 5.00. The lowest BCUT2D eigenvalue weighted by molar-refractivity contribution is -0.384. The Bertz CT molecular complexity index is 1250. The minimum absolute atomic E-state index is 0.0391. The lowest BCUT2D eigenvalue weighted by Crippen LogP contribution is -2.37. The van der Waals surface area contributed by atoms with Gasteiger partial charge in [-0.15, -0.1) is 0 Å².